The fourth-order valence-electron chi connectivity index (χ4n) is 2.14. The van der Waals surface area contributed by atoms with Crippen molar-refractivity contribution >= 4 is 39.2 Å². The molecule has 25 heavy (non-hydrogen) atoms. The van der Waals surface area contributed by atoms with Crippen LogP contribution in [0.4, 0.5) is 5.13 Å². The van der Waals surface area contributed by atoms with Crippen molar-refractivity contribution in [2.75, 3.05) is 5.32 Å². The number of hydrogen-bond donors (Lipinski definition) is 1. The molecule has 2 heterocycles. The lowest BCUT2D eigenvalue weighted by Gasteiger charge is -2.06. The molecule has 0 saturated heterocycles. The molecule has 0 fully saturated rings. The van der Waals surface area contributed by atoms with E-state index in [9.17, 15) is 14.4 Å². The van der Waals surface area contributed by atoms with Gasteiger partial charge in [0.25, 0.3) is 5.56 Å². The topological polar surface area (TPSA) is 103 Å². The first-order chi connectivity index (χ1) is 12.0. The number of carbonyl (C=O) groups excluding carboxylic acids is 2. The van der Waals surface area contributed by atoms with Gasteiger partial charge in [0.2, 0.25) is 5.91 Å². The molecule has 9 heteroatoms. The number of ether oxygens (including phenoxy) is 1. The number of aromatic nitrogens is 3. The van der Waals surface area contributed by atoms with E-state index in [2.05, 4.69) is 15.3 Å². The van der Waals surface area contributed by atoms with E-state index in [0.717, 1.165) is 0 Å². The SMILES string of the molecule is CC(=O)Nc1nc(COC(=O)Cn2cnc3ccccc3c2=O)cs1. The van der Waals surface area contributed by atoms with Crippen LogP contribution in [0.5, 0.6) is 0 Å². The second kappa shape index (κ2) is 7.22. The second-order valence-electron chi connectivity index (χ2n) is 5.18. The highest BCUT2D eigenvalue weighted by molar-refractivity contribution is 7.13. The normalized spacial score (nSPS) is 10.6. The smallest absolute Gasteiger partial charge is 0.326 e. The van der Waals surface area contributed by atoms with Crippen molar-refractivity contribution in [3.63, 3.8) is 0 Å². The highest BCUT2D eigenvalue weighted by Crippen LogP contribution is 2.15. The van der Waals surface area contributed by atoms with E-state index in [4.69, 9.17) is 4.74 Å². The number of esters is 1. The Morgan fingerprint density at radius 1 is 1.32 bits per heavy atom. The maximum atomic E-state index is 12.3. The first kappa shape index (κ1) is 16.8. The predicted octanol–water partition coefficient (Wildman–Crippen LogP) is 1.55. The first-order valence-corrected chi connectivity index (χ1v) is 8.22. The van der Waals surface area contributed by atoms with Gasteiger partial charge in [-0.3, -0.25) is 19.0 Å². The molecule has 0 spiro atoms. The zero-order valence-corrected chi connectivity index (χ0v) is 14.1. The molecule has 0 bridgehead atoms. The number of nitrogens with one attached hydrogen (secondary N) is 1. The molecule has 3 aromatic rings. The maximum absolute atomic E-state index is 12.3. The number of hydrogen-bond acceptors (Lipinski definition) is 7. The third kappa shape index (κ3) is 4.07. The molecule has 0 saturated carbocycles. The number of thiazole rings is 1. The third-order valence-electron chi connectivity index (χ3n) is 3.25. The summed E-state index contributed by atoms with van der Waals surface area (Å²) in [5.41, 5.74) is 0.792. The van der Waals surface area contributed by atoms with E-state index in [1.807, 2.05) is 0 Å². The van der Waals surface area contributed by atoms with Gasteiger partial charge >= 0.3 is 5.97 Å². The zero-order valence-electron chi connectivity index (χ0n) is 13.3. The van der Waals surface area contributed by atoms with Crippen LogP contribution >= 0.6 is 11.3 Å². The van der Waals surface area contributed by atoms with Crippen molar-refractivity contribution < 1.29 is 14.3 Å². The average molecular weight is 358 g/mol. The van der Waals surface area contributed by atoms with Gasteiger partial charge in [-0.2, -0.15) is 0 Å². The molecule has 0 radical (unpaired) electrons. The van der Waals surface area contributed by atoms with Gasteiger partial charge in [0.05, 0.1) is 22.9 Å². The minimum absolute atomic E-state index is 0.0370. The van der Waals surface area contributed by atoms with Gasteiger partial charge < -0.3 is 10.1 Å². The van der Waals surface area contributed by atoms with E-state index < -0.39 is 5.97 Å². The summed E-state index contributed by atoms with van der Waals surface area (Å²) in [4.78, 5) is 43.5. The highest BCUT2D eigenvalue weighted by atomic mass is 32.1. The molecule has 8 nitrogen and oxygen atoms in total. The molecule has 128 valence electrons. The van der Waals surface area contributed by atoms with Gasteiger partial charge in [0.1, 0.15) is 13.2 Å². The highest BCUT2D eigenvalue weighted by Gasteiger charge is 2.10. The van der Waals surface area contributed by atoms with Gasteiger partial charge in [-0.25, -0.2) is 9.97 Å². The standard InChI is InChI=1S/C16H14N4O4S/c1-10(21)18-16-19-11(8-25-16)7-24-14(22)6-20-9-17-13-5-3-2-4-12(13)15(20)23/h2-5,8-9H,6-7H2,1H3,(H,18,19,21). The molecule has 0 aliphatic carbocycles. The number of anilines is 1. The molecule has 1 aromatic carbocycles. The van der Waals surface area contributed by atoms with Crippen LogP contribution in [0.3, 0.4) is 0 Å². The Labute approximate surface area is 146 Å². The third-order valence-corrected chi connectivity index (χ3v) is 4.05. The lowest BCUT2D eigenvalue weighted by Crippen LogP contribution is -2.25. The van der Waals surface area contributed by atoms with E-state index in [1.54, 1.807) is 29.6 Å². The summed E-state index contributed by atoms with van der Waals surface area (Å²) in [5.74, 6) is -0.797. The van der Waals surface area contributed by atoms with E-state index in [1.165, 1.54) is 29.2 Å². The number of rotatable bonds is 5. The Bertz CT molecular complexity index is 995. The summed E-state index contributed by atoms with van der Waals surface area (Å²) in [7, 11) is 0. The summed E-state index contributed by atoms with van der Waals surface area (Å²) < 4.78 is 6.33. The number of para-hydroxylation sites is 1. The van der Waals surface area contributed by atoms with Gasteiger partial charge in [0.15, 0.2) is 5.13 Å². The van der Waals surface area contributed by atoms with Crippen molar-refractivity contribution in [2.24, 2.45) is 0 Å². The molecule has 0 atom stereocenters. The number of fused-ring (bicyclic) bond motifs is 1. The molecule has 0 unspecified atom stereocenters. The van der Waals surface area contributed by atoms with E-state index in [0.29, 0.717) is 21.7 Å². The summed E-state index contributed by atoms with van der Waals surface area (Å²) in [6.45, 7) is 1.11. The summed E-state index contributed by atoms with van der Waals surface area (Å²) in [6, 6.07) is 6.92. The monoisotopic (exact) mass is 358 g/mol. The van der Waals surface area contributed by atoms with Crippen molar-refractivity contribution in [3.05, 3.63) is 52.0 Å². The number of nitrogens with zero attached hydrogens (tertiary/aromatic N) is 3. The molecule has 2 aromatic heterocycles. The van der Waals surface area contributed by atoms with Crippen LogP contribution in [0.1, 0.15) is 12.6 Å². The second-order valence-corrected chi connectivity index (χ2v) is 6.04. The Balaban J connectivity index is 1.63. The van der Waals surface area contributed by atoms with Crippen molar-refractivity contribution in [3.8, 4) is 0 Å². The van der Waals surface area contributed by atoms with Crippen molar-refractivity contribution in [2.45, 2.75) is 20.1 Å². The van der Waals surface area contributed by atoms with Gasteiger partial charge in [-0.05, 0) is 12.1 Å². The van der Waals surface area contributed by atoms with Crippen LogP contribution < -0.4 is 10.9 Å². The molecular formula is C16H14N4O4S. The fourth-order valence-corrected chi connectivity index (χ4v) is 2.88. The Hall–Kier alpha value is -3.07. The summed E-state index contributed by atoms with van der Waals surface area (Å²) >= 11 is 1.24. The number of amides is 1. The predicted molar refractivity (Wildman–Crippen MR) is 92.2 cm³/mol. The van der Waals surface area contributed by atoms with Gasteiger partial charge in [-0.1, -0.05) is 12.1 Å². The van der Waals surface area contributed by atoms with Crippen LogP contribution in [-0.4, -0.2) is 26.4 Å². The minimum atomic E-state index is -0.576. The van der Waals surface area contributed by atoms with Gasteiger partial charge in [0, 0.05) is 12.3 Å². The summed E-state index contributed by atoms with van der Waals surface area (Å²) in [5, 5.41) is 5.11. The lowest BCUT2D eigenvalue weighted by atomic mass is 10.2. The largest absolute Gasteiger partial charge is 0.458 e. The van der Waals surface area contributed by atoms with E-state index >= 15 is 0 Å². The Morgan fingerprint density at radius 3 is 2.92 bits per heavy atom. The first-order valence-electron chi connectivity index (χ1n) is 7.35. The van der Waals surface area contributed by atoms with Gasteiger partial charge in [-0.15, -0.1) is 11.3 Å². The Kier molecular flexibility index (Phi) is 4.85. The van der Waals surface area contributed by atoms with Crippen LogP contribution in [0.15, 0.2) is 40.8 Å². The van der Waals surface area contributed by atoms with E-state index in [-0.39, 0.29) is 24.6 Å². The van der Waals surface area contributed by atoms with Crippen LogP contribution in [0.2, 0.25) is 0 Å². The molecule has 1 N–H and O–H groups in total. The zero-order chi connectivity index (χ0) is 17.8. The van der Waals surface area contributed by atoms with Crippen molar-refractivity contribution in [1.82, 2.24) is 14.5 Å². The van der Waals surface area contributed by atoms with Crippen LogP contribution in [-0.2, 0) is 27.5 Å². The van der Waals surface area contributed by atoms with Crippen LogP contribution in [0.25, 0.3) is 10.9 Å². The lowest BCUT2D eigenvalue weighted by molar-refractivity contribution is -0.145. The Morgan fingerprint density at radius 2 is 2.12 bits per heavy atom. The number of carbonyl (C=O) groups is 2. The fraction of sp³-hybridized carbons (Fsp3) is 0.188. The van der Waals surface area contributed by atoms with Crippen LogP contribution in [0, 0.1) is 0 Å². The molecule has 0 aliphatic rings. The summed E-state index contributed by atoms with van der Waals surface area (Å²) in [6.07, 6.45) is 1.32. The average Bonchev–Trinajstić information content (AvgIpc) is 3.02. The maximum Gasteiger partial charge on any atom is 0.326 e. The molecule has 0 aliphatic heterocycles. The molecular weight excluding hydrogens is 344 g/mol. The minimum Gasteiger partial charge on any atom is -0.458 e. The van der Waals surface area contributed by atoms with Crippen molar-refractivity contribution in [1.29, 1.82) is 0 Å². The quantitative estimate of drug-likeness (QED) is 0.694. The molecule has 1 amide bonds. The number of benzene rings is 1. The molecule has 3 rings (SSSR count).